The molecule has 4 nitrogen and oxygen atoms in total. The van der Waals surface area contributed by atoms with Crippen LogP contribution in [0.15, 0.2) is 0 Å². The minimum Gasteiger partial charge on any atom is -0.354 e. The number of hydrogen-bond acceptors (Lipinski definition) is 4. The minimum atomic E-state index is -0.169. The zero-order valence-corrected chi connectivity index (χ0v) is 6.10. The van der Waals surface area contributed by atoms with Gasteiger partial charge in [-0.3, -0.25) is 10.9 Å². The van der Waals surface area contributed by atoms with E-state index in [1.54, 1.807) is 21.3 Å². The van der Waals surface area contributed by atoms with Gasteiger partial charge in [-0.05, 0) is 7.05 Å². The fraction of sp³-hybridized carbons (Fsp3) is 1.00. The van der Waals surface area contributed by atoms with Crippen molar-refractivity contribution in [3.8, 4) is 0 Å². The standard InChI is InChI=1S/C5H14N2O2/c1-6-7-4-5(8-2)9-3/h5-7H,4H2,1-3H3. The molecule has 0 fully saturated rings. The molecule has 0 saturated carbocycles. The summed E-state index contributed by atoms with van der Waals surface area (Å²) >= 11 is 0. The average molecular weight is 134 g/mol. The van der Waals surface area contributed by atoms with Crippen molar-refractivity contribution < 1.29 is 9.47 Å². The Hall–Kier alpha value is -0.160. The van der Waals surface area contributed by atoms with Crippen LogP contribution in [0.5, 0.6) is 0 Å². The van der Waals surface area contributed by atoms with E-state index in [-0.39, 0.29) is 6.29 Å². The third kappa shape index (κ3) is 4.35. The van der Waals surface area contributed by atoms with E-state index < -0.39 is 0 Å². The van der Waals surface area contributed by atoms with Crippen LogP contribution in [-0.2, 0) is 9.47 Å². The van der Waals surface area contributed by atoms with E-state index in [1.807, 2.05) is 0 Å². The van der Waals surface area contributed by atoms with Crippen molar-refractivity contribution in [2.75, 3.05) is 27.8 Å². The second-order valence-electron chi connectivity index (χ2n) is 1.53. The van der Waals surface area contributed by atoms with Crippen molar-refractivity contribution in [3.63, 3.8) is 0 Å². The number of rotatable bonds is 5. The molecular formula is C5H14N2O2. The average Bonchev–Trinajstić information content (AvgIpc) is 1.91. The third-order valence-electron chi connectivity index (χ3n) is 0.971. The van der Waals surface area contributed by atoms with Crippen LogP contribution >= 0.6 is 0 Å². The van der Waals surface area contributed by atoms with Crippen LogP contribution in [0.3, 0.4) is 0 Å². The molecule has 0 rings (SSSR count). The summed E-state index contributed by atoms with van der Waals surface area (Å²) in [6, 6.07) is 0. The summed E-state index contributed by atoms with van der Waals surface area (Å²) in [6.07, 6.45) is -0.169. The quantitative estimate of drug-likeness (QED) is 0.386. The first kappa shape index (κ1) is 8.84. The first-order chi connectivity index (χ1) is 4.35. The predicted molar refractivity (Wildman–Crippen MR) is 34.9 cm³/mol. The molecule has 56 valence electrons. The normalized spacial score (nSPS) is 10.7. The lowest BCUT2D eigenvalue weighted by Crippen LogP contribution is -2.36. The van der Waals surface area contributed by atoms with Crippen LogP contribution in [0.2, 0.25) is 0 Å². The summed E-state index contributed by atoms with van der Waals surface area (Å²) in [6.45, 7) is 0.642. The number of ether oxygens (including phenoxy) is 2. The molecule has 0 bridgehead atoms. The molecule has 0 atom stereocenters. The van der Waals surface area contributed by atoms with Gasteiger partial charge < -0.3 is 9.47 Å². The van der Waals surface area contributed by atoms with Gasteiger partial charge in [0.25, 0.3) is 0 Å². The van der Waals surface area contributed by atoms with E-state index in [1.165, 1.54) is 0 Å². The van der Waals surface area contributed by atoms with Gasteiger partial charge in [0.2, 0.25) is 0 Å². The number of hydrazine groups is 1. The molecule has 0 heterocycles. The van der Waals surface area contributed by atoms with Gasteiger partial charge in [-0.1, -0.05) is 0 Å². The summed E-state index contributed by atoms with van der Waals surface area (Å²) in [5.74, 6) is 0. The summed E-state index contributed by atoms with van der Waals surface area (Å²) in [7, 11) is 5.00. The van der Waals surface area contributed by atoms with E-state index in [0.29, 0.717) is 6.54 Å². The van der Waals surface area contributed by atoms with E-state index in [4.69, 9.17) is 9.47 Å². The molecule has 0 saturated heterocycles. The fourth-order valence-corrected chi connectivity index (χ4v) is 0.448. The van der Waals surface area contributed by atoms with Gasteiger partial charge >= 0.3 is 0 Å². The smallest absolute Gasteiger partial charge is 0.170 e. The second-order valence-corrected chi connectivity index (χ2v) is 1.53. The van der Waals surface area contributed by atoms with Crippen molar-refractivity contribution in [3.05, 3.63) is 0 Å². The van der Waals surface area contributed by atoms with Crippen LogP contribution in [-0.4, -0.2) is 34.1 Å². The first-order valence-corrected chi connectivity index (χ1v) is 2.80. The Morgan fingerprint density at radius 1 is 1.33 bits per heavy atom. The van der Waals surface area contributed by atoms with Crippen molar-refractivity contribution in [1.82, 2.24) is 10.9 Å². The topological polar surface area (TPSA) is 42.5 Å². The van der Waals surface area contributed by atoms with Crippen LogP contribution in [0.1, 0.15) is 0 Å². The molecule has 0 aromatic heterocycles. The fourth-order valence-electron chi connectivity index (χ4n) is 0.448. The van der Waals surface area contributed by atoms with E-state index in [9.17, 15) is 0 Å². The Kier molecular flexibility index (Phi) is 5.86. The molecule has 0 aromatic carbocycles. The molecule has 0 spiro atoms. The summed E-state index contributed by atoms with van der Waals surface area (Å²) < 4.78 is 9.75. The molecule has 4 heteroatoms. The van der Waals surface area contributed by atoms with Crippen molar-refractivity contribution in [2.24, 2.45) is 0 Å². The number of nitrogens with one attached hydrogen (secondary N) is 2. The molecule has 0 unspecified atom stereocenters. The molecular weight excluding hydrogens is 120 g/mol. The van der Waals surface area contributed by atoms with Gasteiger partial charge in [0.05, 0.1) is 6.54 Å². The Bertz CT molecular complexity index is 56.9. The van der Waals surface area contributed by atoms with E-state index in [0.717, 1.165) is 0 Å². The minimum absolute atomic E-state index is 0.169. The highest BCUT2D eigenvalue weighted by Crippen LogP contribution is 1.85. The second kappa shape index (κ2) is 5.97. The Morgan fingerprint density at radius 2 is 1.89 bits per heavy atom. The Morgan fingerprint density at radius 3 is 2.22 bits per heavy atom. The summed E-state index contributed by atoms with van der Waals surface area (Å²) in [4.78, 5) is 0. The summed E-state index contributed by atoms with van der Waals surface area (Å²) in [5.41, 5.74) is 5.61. The molecule has 2 N–H and O–H groups in total. The molecule has 9 heavy (non-hydrogen) atoms. The largest absolute Gasteiger partial charge is 0.354 e. The third-order valence-corrected chi connectivity index (χ3v) is 0.971. The molecule has 0 aliphatic heterocycles. The molecule has 0 aromatic rings. The lowest BCUT2D eigenvalue weighted by atomic mass is 10.6. The monoisotopic (exact) mass is 134 g/mol. The van der Waals surface area contributed by atoms with Crippen LogP contribution in [0.25, 0.3) is 0 Å². The lowest BCUT2D eigenvalue weighted by Gasteiger charge is -2.12. The van der Waals surface area contributed by atoms with Gasteiger partial charge in [-0.2, -0.15) is 0 Å². The van der Waals surface area contributed by atoms with Crippen LogP contribution in [0, 0.1) is 0 Å². The van der Waals surface area contributed by atoms with Gasteiger partial charge in [0.15, 0.2) is 6.29 Å². The number of methoxy groups -OCH3 is 2. The van der Waals surface area contributed by atoms with Gasteiger partial charge in [0.1, 0.15) is 0 Å². The maximum atomic E-state index is 4.88. The van der Waals surface area contributed by atoms with Crippen LogP contribution < -0.4 is 10.9 Å². The van der Waals surface area contributed by atoms with E-state index >= 15 is 0 Å². The number of hydrogen-bond donors (Lipinski definition) is 2. The SMILES string of the molecule is CNNCC(OC)OC. The maximum absolute atomic E-state index is 4.88. The van der Waals surface area contributed by atoms with Crippen molar-refractivity contribution in [2.45, 2.75) is 6.29 Å². The molecule has 0 radical (unpaired) electrons. The Balaban J connectivity index is 3.09. The van der Waals surface area contributed by atoms with Gasteiger partial charge in [0, 0.05) is 14.2 Å². The van der Waals surface area contributed by atoms with E-state index in [2.05, 4.69) is 10.9 Å². The van der Waals surface area contributed by atoms with Crippen molar-refractivity contribution >= 4 is 0 Å². The molecule has 0 amide bonds. The zero-order chi connectivity index (χ0) is 7.11. The maximum Gasteiger partial charge on any atom is 0.170 e. The molecule has 0 aliphatic rings. The Labute approximate surface area is 55.5 Å². The van der Waals surface area contributed by atoms with Crippen molar-refractivity contribution in [1.29, 1.82) is 0 Å². The predicted octanol–water partition coefficient (Wildman–Crippen LogP) is -0.671. The van der Waals surface area contributed by atoms with Gasteiger partial charge in [-0.25, -0.2) is 0 Å². The highest BCUT2D eigenvalue weighted by molar-refractivity contribution is 4.42. The highest BCUT2D eigenvalue weighted by Gasteiger charge is 2.00. The first-order valence-electron chi connectivity index (χ1n) is 2.80. The summed E-state index contributed by atoms with van der Waals surface area (Å²) in [5, 5.41) is 0. The lowest BCUT2D eigenvalue weighted by molar-refractivity contribution is -0.0999. The highest BCUT2D eigenvalue weighted by atomic mass is 16.7. The van der Waals surface area contributed by atoms with Gasteiger partial charge in [-0.15, -0.1) is 0 Å². The van der Waals surface area contributed by atoms with Crippen LogP contribution in [0.4, 0.5) is 0 Å². The zero-order valence-electron chi connectivity index (χ0n) is 6.10. The molecule has 0 aliphatic carbocycles.